The Morgan fingerprint density at radius 3 is 2.71 bits per heavy atom. The number of ether oxygens (including phenoxy) is 1. The lowest BCUT2D eigenvalue weighted by molar-refractivity contribution is 0.101. The third-order valence-corrected chi connectivity index (χ3v) is 2.72. The monoisotopic (exact) mass is 276 g/mol. The molecule has 14 heavy (non-hydrogen) atoms. The SMILES string of the molecule is CCOc1c(Br)ccc(C(C)=O)c1Cl. The van der Waals surface area contributed by atoms with Crippen molar-refractivity contribution in [1.82, 2.24) is 0 Å². The molecule has 1 aromatic rings. The number of carbonyl (C=O) groups excluding carboxylic acids is 1. The molecule has 0 amide bonds. The van der Waals surface area contributed by atoms with Crippen LogP contribution in [0, 0.1) is 0 Å². The Kier molecular flexibility index (Phi) is 3.96. The van der Waals surface area contributed by atoms with Crippen molar-refractivity contribution in [3.05, 3.63) is 27.2 Å². The molecule has 0 aliphatic carbocycles. The molecule has 0 fully saturated rings. The number of benzene rings is 1. The first kappa shape index (κ1) is 11.5. The van der Waals surface area contributed by atoms with E-state index < -0.39 is 0 Å². The molecule has 2 nitrogen and oxygen atoms in total. The molecule has 4 heteroatoms. The average molecular weight is 278 g/mol. The summed E-state index contributed by atoms with van der Waals surface area (Å²) in [5.41, 5.74) is 0.485. The zero-order chi connectivity index (χ0) is 10.7. The Bertz CT molecular complexity index is 363. The highest BCUT2D eigenvalue weighted by atomic mass is 79.9. The van der Waals surface area contributed by atoms with Gasteiger partial charge in [-0.2, -0.15) is 0 Å². The normalized spacial score (nSPS) is 10.0. The lowest BCUT2D eigenvalue weighted by atomic mass is 10.1. The van der Waals surface area contributed by atoms with E-state index in [1.165, 1.54) is 6.92 Å². The second-order valence-electron chi connectivity index (χ2n) is 2.73. The van der Waals surface area contributed by atoms with Crippen molar-refractivity contribution in [1.29, 1.82) is 0 Å². The molecule has 0 saturated heterocycles. The van der Waals surface area contributed by atoms with Crippen LogP contribution < -0.4 is 4.74 Å². The van der Waals surface area contributed by atoms with Crippen LogP contribution in [-0.4, -0.2) is 12.4 Å². The molecule has 0 aromatic heterocycles. The van der Waals surface area contributed by atoms with Crippen LogP contribution in [0.5, 0.6) is 5.75 Å². The van der Waals surface area contributed by atoms with Crippen LogP contribution in [-0.2, 0) is 0 Å². The predicted molar refractivity (Wildman–Crippen MR) is 60.3 cm³/mol. The molecular weight excluding hydrogens is 267 g/mol. The van der Waals surface area contributed by atoms with Crippen LogP contribution in [0.1, 0.15) is 24.2 Å². The van der Waals surface area contributed by atoms with E-state index in [2.05, 4.69) is 15.9 Å². The molecular formula is C10H10BrClO2. The fourth-order valence-electron chi connectivity index (χ4n) is 1.08. The number of Topliss-reactive ketones (excluding diaryl/α,β-unsaturated/α-hetero) is 1. The second-order valence-corrected chi connectivity index (χ2v) is 3.96. The third-order valence-electron chi connectivity index (χ3n) is 1.72. The van der Waals surface area contributed by atoms with Crippen LogP contribution >= 0.6 is 27.5 Å². The van der Waals surface area contributed by atoms with E-state index in [-0.39, 0.29) is 5.78 Å². The fourth-order valence-corrected chi connectivity index (χ4v) is 1.99. The van der Waals surface area contributed by atoms with Gasteiger partial charge in [0, 0.05) is 5.56 Å². The van der Waals surface area contributed by atoms with Crippen molar-refractivity contribution in [2.45, 2.75) is 13.8 Å². The highest BCUT2D eigenvalue weighted by Gasteiger charge is 2.13. The number of rotatable bonds is 3. The van der Waals surface area contributed by atoms with Gasteiger partial charge in [-0.25, -0.2) is 0 Å². The molecule has 0 aliphatic heterocycles. The van der Waals surface area contributed by atoms with E-state index in [0.29, 0.717) is 22.9 Å². The molecule has 0 aliphatic rings. The Balaban J connectivity index is 3.26. The number of ketones is 1. The summed E-state index contributed by atoms with van der Waals surface area (Å²) in [4.78, 5) is 11.2. The lowest BCUT2D eigenvalue weighted by Crippen LogP contribution is -1.99. The summed E-state index contributed by atoms with van der Waals surface area (Å²) in [6.07, 6.45) is 0. The first-order chi connectivity index (χ1) is 6.57. The molecule has 0 unspecified atom stereocenters. The van der Waals surface area contributed by atoms with Crippen LogP contribution in [0.2, 0.25) is 5.02 Å². The number of hydrogen-bond acceptors (Lipinski definition) is 2. The third kappa shape index (κ3) is 2.28. The molecule has 1 aromatic carbocycles. The minimum atomic E-state index is -0.0662. The summed E-state index contributed by atoms with van der Waals surface area (Å²) >= 11 is 9.32. The first-order valence-electron chi connectivity index (χ1n) is 4.19. The smallest absolute Gasteiger partial charge is 0.161 e. The minimum absolute atomic E-state index is 0.0662. The summed E-state index contributed by atoms with van der Waals surface area (Å²) in [7, 11) is 0. The van der Waals surface area contributed by atoms with E-state index in [4.69, 9.17) is 16.3 Å². The molecule has 0 radical (unpaired) electrons. The van der Waals surface area contributed by atoms with Crippen molar-refractivity contribution < 1.29 is 9.53 Å². The molecule has 0 spiro atoms. The Hall–Kier alpha value is -0.540. The summed E-state index contributed by atoms with van der Waals surface area (Å²) < 4.78 is 6.09. The average Bonchev–Trinajstić information content (AvgIpc) is 2.11. The van der Waals surface area contributed by atoms with E-state index in [1.54, 1.807) is 12.1 Å². The highest BCUT2D eigenvalue weighted by Crippen LogP contribution is 2.35. The molecule has 0 N–H and O–H groups in total. The summed E-state index contributed by atoms with van der Waals surface area (Å²) in [6, 6.07) is 3.44. The molecule has 76 valence electrons. The van der Waals surface area contributed by atoms with Crippen LogP contribution in [0.4, 0.5) is 0 Å². The molecule has 0 saturated carbocycles. The van der Waals surface area contributed by atoms with E-state index >= 15 is 0 Å². The van der Waals surface area contributed by atoms with Gasteiger partial charge in [0.2, 0.25) is 0 Å². The lowest BCUT2D eigenvalue weighted by Gasteiger charge is -2.10. The van der Waals surface area contributed by atoms with Gasteiger partial charge in [-0.3, -0.25) is 4.79 Å². The number of halogens is 2. The molecule has 1 rings (SSSR count). The van der Waals surface area contributed by atoms with Gasteiger partial charge in [0.05, 0.1) is 16.1 Å². The summed E-state index contributed by atoms with van der Waals surface area (Å²) in [6.45, 7) is 3.85. The van der Waals surface area contributed by atoms with Crippen molar-refractivity contribution in [3.8, 4) is 5.75 Å². The van der Waals surface area contributed by atoms with Gasteiger partial charge in [0.15, 0.2) is 11.5 Å². The van der Waals surface area contributed by atoms with Crippen LogP contribution in [0.25, 0.3) is 0 Å². The van der Waals surface area contributed by atoms with Gasteiger partial charge in [0.1, 0.15) is 0 Å². The van der Waals surface area contributed by atoms with Gasteiger partial charge in [0.25, 0.3) is 0 Å². The standard InChI is InChI=1S/C10H10BrClO2/c1-3-14-10-8(11)5-4-7(6(2)13)9(10)12/h4-5H,3H2,1-2H3. The molecule has 0 atom stereocenters. The maximum Gasteiger partial charge on any atom is 0.161 e. The first-order valence-corrected chi connectivity index (χ1v) is 5.36. The zero-order valence-electron chi connectivity index (χ0n) is 7.93. The highest BCUT2D eigenvalue weighted by molar-refractivity contribution is 9.10. The fraction of sp³-hybridized carbons (Fsp3) is 0.300. The van der Waals surface area contributed by atoms with E-state index in [1.807, 2.05) is 6.92 Å². The predicted octanol–water partition coefficient (Wildman–Crippen LogP) is 3.70. The topological polar surface area (TPSA) is 26.3 Å². The van der Waals surface area contributed by atoms with Crippen LogP contribution in [0.15, 0.2) is 16.6 Å². The minimum Gasteiger partial charge on any atom is -0.491 e. The maximum absolute atomic E-state index is 11.2. The molecule has 0 heterocycles. The van der Waals surface area contributed by atoms with Crippen molar-refractivity contribution in [3.63, 3.8) is 0 Å². The Morgan fingerprint density at radius 2 is 2.21 bits per heavy atom. The van der Waals surface area contributed by atoms with Gasteiger partial charge in [-0.05, 0) is 41.9 Å². The summed E-state index contributed by atoms with van der Waals surface area (Å²) in [5, 5.41) is 0.369. The zero-order valence-corrected chi connectivity index (χ0v) is 10.3. The number of carbonyl (C=O) groups is 1. The van der Waals surface area contributed by atoms with Crippen LogP contribution in [0.3, 0.4) is 0 Å². The largest absolute Gasteiger partial charge is 0.491 e. The van der Waals surface area contributed by atoms with Gasteiger partial charge in [-0.1, -0.05) is 11.6 Å². The Morgan fingerprint density at radius 1 is 1.57 bits per heavy atom. The maximum atomic E-state index is 11.2. The van der Waals surface area contributed by atoms with E-state index in [0.717, 1.165) is 4.47 Å². The van der Waals surface area contributed by atoms with Gasteiger partial charge >= 0.3 is 0 Å². The quantitative estimate of drug-likeness (QED) is 0.787. The summed E-state index contributed by atoms with van der Waals surface area (Å²) in [5.74, 6) is 0.463. The number of hydrogen-bond donors (Lipinski definition) is 0. The van der Waals surface area contributed by atoms with Crippen molar-refractivity contribution >= 4 is 33.3 Å². The molecule has 0 bridgehead atoms. The van der Waals surface area contributed by atoms with Gasteiger partial charge < -0.3 is 4.74 Å². The van der Waals surface area contributed by atoms with Crippen molar-refractivity contribution in [2.24, 2.45) is 0 Å². The van der Waals surface area contributed by atoms with E-state index in [9.17, 15) is 4.79 Å². The van der Waals surface area contributed by atoms with Crippen molar-refractivity contribution in [2.75, 3.05) is 6.61 Å². The second kappa shape index (κ2) is 4.80. The Labute approximate surface area is 96.3 Å². The van der Waals surface area contributed by atoms with Gasteiger partial charge in [-0.15, -0.1) is 0 Å².